The van der Waals surface area contributed by atoms with E-state index in [1.54, 1.807) is 12.2 Å². The Balaban J connectivity index is 1.83. The maximum absolute atomic E-state index is 10.9. The molecule has 4 rings (SSSR count). The van der Waals surface area contributed by atoms with Crippen molar-refractivity contribution < 1.29 is 9.74 Å². The molecule has 126 valence electrons. The molecule has 0 fully saturated rings. The van der Waals surface area contributed by atoms with Crippen molar-refractivity contribution in [2.45, 2.75) is 0 Å². The summed E-state index contributed by atoms with van der Waals surface area (Å²) in [5.41, 5.74) is 6.29. The van der Waals surface area contributed by atoms with Crippen LogP contribution in [-0.4, -0.2) is 29.5 Å². The minimum atomic E-state index is -0.415. The van der Waals surface area contributed by atoms with Crippen LogP contribution in [0, 0.1) is 10.4 Å². The average molecular weight is 335 g/mol. The second-order valence-electron chi connectivity index (χ2n) is 5.61. The molecule has 0 unspecified atom stereocenters. The minimum Gasteiger partial charge on any atom is -0.612 e. The maximum Gasteiger partial charge on any atom is 0.222 e. The maximum atomic E-state index is 10.9. The molecule has 0 saturated heterocycles. The average Bonchev–Trinajstić information content (AvgIpc) is 3.32. The molecule has 7 nitrogen and oxygen atoms in total. The number of nitrogens with zero attached hydrogens (tertiary/aromatic N) is 2. The molecule has 1 aliphatic carbocycles. The van der Waals surface area contributed by atoms with Gasteiger partial charge in [0.1, 0.15) is 5.84 Å². The van der Waals surface area contributed by atoms with Gasteiger partial charge in [0.25, 0.3) is 0 Å². The predicted octanol–water partition coefficient (Wildman–Crippen LogP) is 1.76. The number of hydroxylamine groups is 1. The molecule has 1 aromatic rings. The largest absolute Gasteiger partial charge is 0.612 e. The van der Waals surface area contributed by atoms with Crippen LogP contribution < -0.4 is 10.8 Å². The molecule has 2 aliphatic heterocycles. The van der Waals surface area contributed by atoms with Gasteiger partial charge in [0.15, 0.2) is 5.76 Å². The van der Waals surface area contributed by atoms with Crippen molar-refractivity contribution in [1.29, 1.82) is 0 Å². The van der Waals surface area contributed by atoms with Gasteiger partial charge in [-0.15, -0.1) is 0 Å². The monoisotopic (exact) mass is 335 g/mol. The molecule has 0 saturated carbocycles. The lowest BCUT2D eigenvalue weighted by Crippen LogP contribution is -2.23. The van der Waals surface area contributed by atoms with Crippen LogP contribution in [0.3, 0.4) is 0 Å². The van der Waals surface area contributed by atoms with E-state index < -0.39 is 4.90 Å². The predicted molar refractivity (Wildman–Crippen MR) is 95.2 cm³/mol. The Hall–Kier alpha value is -3.48. The summed E-state index contributed by atoms with van der Waals surface area (Å²) in [5.74, 6) is 1.44. The molecule has 25 heavy (non-hydrogen) atoms. The fourth-order valence-corrected chi connectivity index (χ4v) is 2.85. The normalized spacial score (nSPS) is 18.9. The van der Waals surface area contributed by atoms with Crippen LogP contribution in [-0.2, 0) is 4.84 Å². The Labute approximate surface area is 144 Å². The van der Waals surface area contributed by atoms with E-state index in [1.165, 1.54) is 12.2 Å². The van der Waals surface area contributed by atoms with E-state index in [0.29, 0.717) is 12.3 Å². The molecule has 0 spiro atoms. The van der Waals surface area contributed by atoms with E-state index in [2.05, 4.69) is 15.8 Å². The van der Waals surface area contributed by atoms with E-state index in [-0.39, 0.29) is 5.71 Å². The van der Waals surface area contributed by atoms with Crippen molar-refractivity contribution in [2.24, 2.45) is 4.99 Å². The van der Waals surface area contributed by atoms with E-state index in [1.807, 2.05) is 30.3 Å². The lowest BCUT2D eigenvalue weighted by molar-refractivity contribution is -0.377. The molecule has 0 atom stereocenters. The van der Waals surface area contributed by atoms with Crippen molar-refractivity contribution >= 4 is 17.3 Å². The van der Waals surface area contributed by atoms with Crippen LogP contribution in [0.4, 0.5) is 0 Å². The second kappa shape index (κ2) is 6.20. The van der Waals surface area contributed by atoms with Crippen LogP contribution >= 0.6 is 0 Å². The van der Waals surface area contributed by atoms with Gasteiger partial charge in [0.2, 0.25) is 5.71 Å². The van der Waals surface area contributed by atoms with E-state index in [0.717, 1.165) is 34.8 Å². The van der Waals surface area contributed by atoms with Gasteiger partial charge in [0, 0.05) is 29.8 Å². The molecule has 0 bridgehead atoms. The molecule has 1 aromatic carbocycles. The minimum absolute atomic E-state index is 0.0495. The van der Waals surface area contributed by atoms with Gasteiger partial charge in [0.05, 0.1) is 17.8 Å². The smallest absolute Gasteiger partial charge is 0.222 e. The second-order valence-corrected chi connectivity index (χ2v) is 5.61. The number of hydrogen-bond acceptors (Lipinski definition) is 6. The van der Waals surface area contributed by atoms with Crippen molar-refractivity contribution in [1.82, 2.24) is 10.8 Å². The van der Waals surface area contributed by atoms with Crippen molar-refractivity contribution in [3.63, 3.8) is 0 Å². The Kier molecular flexibility index (Phi) is 3.74. The Bertz CT molecular complexity index is 870. The highest BCUT2D eigenvalue weighted by Crippen LogP contribution is 2.33. The molecule has 3 aliphatic rings. The summed E-state index contributed by atoms with van der Waals surface area (Å²) in [6.07, 6.45) is 6.36. The van der Waals surface area contributed by atoms with Crippen LogP contribution in [0.2, 0.25) is 0 Å². The van der Waals surface area contributed by atoms with Crippen LogP contribution in [0.25, 0.3) is 5.76 Å². The van der Waals surface area contributed by atoms with Gasteiger partial charge in [-0.3, -0.25) is 4.99 Å². The number of benzene rings is 1. The van der Waals surface area contributed by atoms with Gasteiger partial charge < -0.3 is 20.6 Å². The van der Waals surface area contributed by atoms with Gasteiger partial charge >= 0.3 is 0 Å². The van der Waals surface area contributed by atoms with Gasteiger partial charge in [-0.25, -0.2) is 5.48 Å². The molecule has 0 radical (unpaired) electrons. The van der Waals surface area contributed by atoms with Crippen molar-refractivity contribution in [3.05, 3.63) is 87.5 Å². The van der Waals surface area contributed by atoms with Gasteiger partial charge in [-0.05, 0) is 12.2 Å². The zero-order valence-corrected chi connectivity index (χ0v) is 13.2. The summed E-state index contributed by atoms with van der Waals surface area (Å²) in [4.78, 5) is 9.85. The Morgan fingerprint density at radius 1 is 1.04 bits per heavy atom. The SMILES string of the molecule is [O-][N+]([O-])=C1C=CC(=C2NOC(c3ccccc3)=C2C2=NCCN2)C=C1. The van der Waals surface area contributed by atoms with Crippen LogP contribution in [0.1, 0.15) is 5.56 Å². The first kappa shape index (κ1) is 15.1. The topological polar surface area (TPSA) is 94.8 Å². The first-order valence-electron chi connectivity index (χ1n) is 7.87. The lowest BCUT2D eigenvalue weighted by Gasteiger charge is -2.11. The number of allylic oxidation sites excluding steroid dienone is 5. The summed E-state index contributed by atoms with van der Waals surface area (Å²) < 4.78 is 0. The Morgan fingerprint density at radius 3 is 2.44 bits per heavy atom. The molecule has 0 aromatic heterocycles. The molecule has 2 heterocycles. The van der Waals surface area contributed by atoms with Crippen LogP contribution in [0.15, 0.2) is 76.5 Å². The third kappa shape index (κ3) is 2.76. The summed E-state index contributed by atoms with van der Waals surface area (Å²) in [5, 5.41) is 25.0. The third-order valence-corrected chi connectivity index (χ3v) is 4.05. The first-order valence-corrected chi connectivity index (χ1v) is 7.87. The number of aliphatic imine (C=N–C) groups is 1. The number of rotatable bonds is 2. The zero-order chi connectivity index (χ0) is 17.2. The third-order valence-electron chi connectivity index (χ3n) is 4.05. The molecule has 0 amide bonds. The summed E-state index contributed by atoms with van der Waals surface area (Å²) in [6, 6.07) is 9.75. The van der Waals surface area contributed by atoms with Crippen LogP contribution in [0.5, 0.6) is 0 Å². The molecule has 7 heteroatoms. The number of hydrogen-bond donors (Lipinski definition) is 2. The summed E-state index contributed by atoms with van der Waals surface area (Å²) >= 11 is 0. The molecule has 2 N–H and O–H groups in total. The van der Waals surface area contributed by atoms with E-state index in [4.69, 9.17) is 4.84 Å². The highest BCUT2D eigenvalue weighted by Gasteiger charge is 2.30. The summed E-state index contributed by atoms with van der Waals surface area (Å²) in [6.45, 7) is 1.48. The highest BCUT2D eigenvalue weighted by molar-refractivity contribution is 6.10. The summed E-state index contributed by atoms with van der Waals surface area (Å²) in [7, 11) is 0. The van der Waals surface area contributed by atoms with Crippen molar-refractivity contribution in [3.8, 4) is 0 Å². The quantitative estimate of drug-likeness (QED) is 0.634. The zero-order valence-electron chi connectivity index (χ0n) is 13.2. The first-order chi connectivity index (χ1) is 12.2. The fourth-order valence-electron chi connectivity index (χ4n) is 2.85. The van der Waals surface area contributed by atoms with Gasteiger partial charge in [-0.1, -0.05) is 30.3 Å². The number of nitrogens with one attached hydrogen (secondary N) is 2. The fraction of sp³-hybridized carbons (Fsp3) is 0.111. The number of amidine groups is 1. The highest BCUT2D eigenvalue weighted by atomic mass is 16.8. The standard InChI is InChI=1S/C18H15N4O3/c23-22(24)14-8-6-12(7-9-14)16-15(18-19-10-11-20-18)17(25-21-16)13-4-2-1-3-5-13/h1-9,21H,10-11H2,(H-,19,20,23,24)/q-1. The Morgan fingerprint density at radius 2 is 1.80 bits per heavy atom. The van der Waals surface area contributed by atoms with Crippen molar-refractivity contribution in [2.75, 3.05) is 13.1 Å². The van der Waals surface area contributed by atoms with Gasteiger partial charge in [-0.2, -0.15) is 4.90 Å². The molecular formula is C18H15N4O3-. The van der Waals surface area contributed by atoms with E-state index >= 15 is 0 Å². The molecular weight excluding hydrogens is 320 g/mol. The lowest BCUT2D eigenvalue weighted by atomic mass is 9.99. The van der Waals surface area contributed by atoms with E-state index in [9.17, 15) is 10.4 Å².